The van der Waals surface area contributed by atoms with Gasteiger partial charge in [0.15, 0.2) is 0 Å². The summed E-state index contributed by atoms with van der Waals surface area (Å²) >= 11 is 0. The molecule has 0 fully saturated rings. The summed E-state index contributed by atoms with van der Waals surface area (Å²) in [5.41, 5.74) is -1.01. The summed E-state index contributed by atoms with van der Waals surface area (Å²) in [6.07, 6.45) is -5.01. The van der Waals surface area contributed by atoms with Crippen LogP contribution in [0.5, 0.6) is 5.88 Å². The first-order chi connectivity index (χ1) is 7.34. The van der Waals surface area contributed by atoms with Crippen molar-refractivity contribution >= 4 is 5.97 Å². The van der Waals surface area contributed by atoms with E-state index in [1.165, 1.54) is 0 Å². The fourth-order valence-corrected chi connectivity index (χ4v) is 1.10. The number of pyridine rings is 1. The molecule has 1 heterocycles. The normalized spacial score (nSPS) is 11.2. The third-order valence-corrected chi connectivity index (χ3v) is 1.76. The van der Waals surface area contributed by atoms with Crippen molar-refractivity contribution in [2.45, 2.75) is 12.6 Å². The lowest BCUT2D eigenvalue weighted by molar-refractivity contribution is -0.141. The van der Waals surface area contributed by atoms with E-state index in [0.29, 0.717) is 0 Å². The molecule has 1 aromatic heterocycles. The second-order valence-electron chi connectivity index (χ2n) is 2.93. The van der Waals surface area contributed by atoms with Gasteiger partial charge in [-0.2, -0.15) is 13.2 Å². The van der Waals surface area contributed by atoms with Crippen molar-refractivity contribution in [3.63, 3.8) is 0 Å². The van der Waals surface area contributed by atoms with Crippen LogP contribution in [0, 0.1) is 0 Å². The smallest absolute Gasteiger partial charge is 0.433 e. The van der Waals surface area contributed by atoms with Crippen molar-refractivity contribution in [2.24, 2.45) is 0 Å². The molecule has 1 rings (SSSR count). The number of methoxy groups -OCH3 is 1. The Balaban J connectivity index is 3.11. The summed E-state index contributed by atoms with van der Waals surface area (Å²) in [6, 6.07) is 1.77. The number of carboxylic acids is 1. The van der Waals surface area contributed by atoms with Gasteiger partial charge in [0.1, 0.15) is 5.69 Å². The Labute approximate surface area is 88.7 Å². The summed E-state index contributed by atoms with van der Waals surface area (Å²) in [5, 5.41) is 8.51. The van der Waals surface area contributed by atoms with E-state index >= 15 is 0 Å². The fraction of sp³-hybridized carbons (Fsp3) is 0.333. The first-order valence-electron chi connectivity index (χ1n) is 4.17. The molecule has 16 heavy (non-hydrogen) atoms. The van der Waals surface area contributed by atoms with Gasteiger partial charge in [-0.25, -0.2) is 4.98 Å². The average molecular weight is 235 g/mol. The Morgan fingerprint density at radius 3 is 2.56 bits per heavy atom. The van der Waals surface area contributed by atoms with Crippen LogP contribution in [0.1, 0.15) is 11.3 Å². The Morgan fingerprint density at radius 2 is 2.12 bits per heavy atom. The van der Waals surface area contributed by atoms with E-state index in [1.807, 2.05) is 0 Å². The summed E-state index contributed by atoms with van der Waals surface area (Å²) in [5.74, 6) is -1.49. The molecule has 1 aromatic rings. The summed E-state index contributed by atoms with van der Waals surface area (Å²) in [6.45, 7) is 0. The molecule has 4 nitrogen and oxygen atoms in total. The largest absolute Gasteiger partial charge is 0.481 e. The van der Waals surface area contributed by atoms with Gasteiger partial charge in [-0.15, -0.1) is 0 Å². The number of alkyl halides is 3. The molecule has 0 spiro atoms. The third-order valence-electron chi connectivity index (χ3n) is 1.76. The molecular formula is C9H8F3NO3. The van der Waals surface area contributed by atoms with Gasteiger partial charge in [-0.05, 0) is 6.07 Å². The highest BCUT2D eigenvalue weighted by atomic mass is 19.4. The van der Waals surface area contributed by atoms with Gasteiger partial charge in [0, 0.05) is 5.56 Å². The van der Waals surface area contributed by atoms with Gasteiger partial charge < -0.3 is 9.84 Å². The maximum Gasteiger partial charge on any atom is 0.433 e. The van der Waals surface area contributed by atoms with Gasteiger partial charge in [-0.3, -0.25) is 4.79 Å². The molecule has 0 saturated carbocycles. The third kappa shape index (κ3) is 2.85. The number of halogens is 3. The molecule has 0 unspecified atom stereocenters. The Bertz CT molecular complexity index is 403. The average Bonchev–Trinajstić information content (AvgIpc) is 2.15. The fourth-order valence-electron chi connectivity index (χ4n) is 1.10. The number of ether oxygens (including phenoxy) is 1. The van der Waals surface area contributed by atoms with Gasteiger partial charge >= 0.3 is 12.1 Å². The molecule has 0 radical (unpaired) electrons. The van der Waals surface area contributed by atoms with Crippen LogP contribution in [0.15, 0.2) is 12.1 Å². The van der Waals surface area contributed by atoms with Crippen LogP contribution in [0.4, 0.5) is 13.2 Å². The van der Waals surface area contributed by atoms with Crippen LogP contribution in [0.25, 0.3) is 0 Å². The molecule has 0 atom stereocenters. The van der Waals surface area contributed by atoms with Crippen LogP contribution >= 0.6 is 0 Å². The van der Waals surface area contributed by atoms with Crippen molar-refractivity contribution in [1.29, 1.82) is 0 Å². The van der Waals surface area contributed by atoms with Crippen molar-refractivity contribution in [3.8, 4) is 5.88 Å². The molecule has 0 bridgehead atoms. The Kier molecular flexibility index (Phi) is 3.36. The molecule has 88 valence electrons. The van der Waals surface area contributed by atoms with Gasteiger partial charge in [0.05, 0.1) is 13.5 Å². The van der Waals surface area contributed by atoms with Crippen molar-refractivity contribution < 1.29 is 27.8 Å². The number of rotatable bonds is 3. The first-order valence-corrected chi connectivity index (χ1v) is 4.17. The highest BCUT2D eigenvalue weighted by molar-refractivity contribution is 5.71. The monoisotopic (exact) mass is 235 g/mol. The van der Waals surface area contributed by atoms with Gasteiger partial charge in [0.2, 0.25) is 5.88 Å². The first kappa shape index (κ1) is 12.3. The number of carboxylic acid groups (broad SMARTS) is 1. The minimum absolute atomic E-state index is 0.100. The standard InChI is InChI=1S/C9H8F3NO3/c1-16-8-5(4-7(14)15)2-3-6(13-8)9(10,11)12/h2-3H,4H2,1H3,(H,14,15). The van der Waals surface area contributed by atoms with Crippen LogP contribution in [0.3, 0.4) is 0 Å². The van der Waals surface area contributed by atoms with E-state index in [0.717, 1.165) is 19.2 Å². The number of aromatic nitrogens is 1. The molecule has 0 aromatic carbocycles. The minimum Gasteiger partial charge on any atom is -0.481 e. The molecule has 0 aliphatic rings. The highest BCUT2D eigenvalue weighted by Crippen LogP contribution is 2.30. The second kappa shape index (κ2) is 4.38. The predicted molar refractivity (Wildman–Crippen MR) is 47.1 cm³/mol. The topological polar surface area (TPSA) is 59.4 Å². The molecule has 7 heteroatoms. The maximum absolute atomic E-state index is 12.3. The van der Waals surface area contributed by atoms with E-state index in [9.17, 15) is 18.0 Å². The van der Waals surface area contributed by atoms with Crippen LogP contribution in [-0.2, 0) is 17.4 Å². The van der Waals surface area contributed by atoms with Crippen molar-refractivity contribution in [3.05, 3.63) is 23.4 Å². The van der Waals surface area contributed by atoms with Crippen LogP contribution < -0.4 is 4.74 Å². The van der Waals surface area contributed by atoms with E-state index in [1.54, 1.807) is 0 Å². The number of aliphatic carboxylic acids is 1. The minimum atomic E-state index is -4.57. The second-order valence-corrected chi connectivity index (χ2v) is 2.93. The van der Waals surface area contributed by atoms with Crippen LogP contribution in [0.2, 0.25) is 0 Å². The van der Waals surface area contributed by atoms with Crippen molar-refractivity contribution in [1.82, 2.24) is 4.98 Å². The zero-order valence-electron chi connectivity index (χ0n) is 8.21. The summed E-state index contributed by atoms with van der Waals surface area (Å²) in [7, 11) is 1.13. The summed E-state index contributed by atoms with van der Waals surface area (Å²) in [4.78, 5) is 13.6. The van der Waals surface area contributed by atoms with Crippen LogP contribution in [-0.4, -0.2) is 23.2 Å². The lowest BCUT2D eigenvalue weighted by atomic mass is 10.2. The van der Waals surface area contributed by atoms with E-state index < -0.39 is 24.3 Å². The molecule has 0 amide bonds. The lowest BCUT2D eigenvalue weighted by Crippen LogP contribution is -2.11. The van der Waals surface area contributed by atoms with Crippen molar-refractivity contribution in [2.75, 3.05) is 7.11 Å². The molecule has 0 aliphatic carbocycles. The highest BCUT2D eigenvalue weighted by Gasteiger charge is 2.33. The van der Waals surface area contributed by atoms with E-state index in [-0.39, 0.29) is 11.4 Å². The zero-order chi connectivity index (χ0) is 12.3. The SMILES string of the molecule is COc1nc(C(F)(F)F)ccc1CC(=O)O. The van der Waals surface area contributed by atoms with E-state index in [2.05, 4.69) is 9.72 Å². The predicted octanol–water partition coefficient (Wildman–Crippen LogP) is 1.74. The number of hydrogen-bond acceptors (Lipinski definition) is 3. The number of carbonyl (C=O) groups is 1. The Hall–Kier alpha value is -1.79. The molecule has 1 N–H and O–H groups in total. The molecular weight excluding hydrogens is 227 g/mol. The molecule has 0 aliphatic heterocycles. The zero-order valence-corrected chi connectivity index (χ0v) is 8.21. The van der Waals surface area contributed by atoms with Gasteiger partial charge in [-0.1, -0.05) is 6.07 Å². The summed E-state index contributed by atoms with van der Waals surface area (Å²) < 4.78 is 41.4. The quantitative estimate of drug-likeness (QED) is 0.866. The number of hydrogen-bond donors (Lipinski definition) is 1. The van der Waals surface area contributed by atoms with E-state index in [4.69, 9.17) is 5.11 Å². The number of nitrogens with zero attached hydrogens (tertiary/aromatic N) is 1. The van der Waals surface area contributed by atoms with Gasteiger partial charge in [0.25, 0.3) is 0 Å². The lowest BCUT2D eigenvalue weighted by Gasteiger charge is -2.10. The molecule has 0 saturated heterocycles. The Morgan fingerprint density at radius 1 is 1.50 bits per heavy atom. The maximum atomic E-state index is 12.3.